The van der Waals surface area contributed by atoms with Crippen molar-refractivity contribution in [3.05, 3.63) is 65.1 Å². The number of pyridine rings is 1. The molecule has 0 aliphatic rings. The van der Waals surface area contributed by atoms with Crippen LogP contribution in [0, 0.1) is 0 Å². The molecule has 0 radical (unpaired) electrons. The van der Waals surface area contributed by atoms with Gasteiger partial charge in [0.2, 0.25) is 5.56 Å². The first-order valence-electron chi connectivity index (χ1n) is 4.42. The van der Waals surface area contributed by atoms with Gasteiger partial charge < -0.3 is 4.98 Å². The molecule has 1 heterocycles. The molecule has 0 spiro atoms. The van der Waals surface area contributed by atoms with Crippen LogP contribution in [-0.4, -0.2) is 4.98 Å². The SMILES string of the molecule is C=C/C=C\C(=C/C)c1cc[nH]c(=O)c1. The molecule has 0 fully saturated rings. The van der Waals surface area contributed by atoms with Crippen LogP contribution in [0.3, 0.4) is 0 Å². The lowest BCUT2D eigenvalue weighted by Crippen LogP contribution is -2.03. The highest BCUT2D eigenvalue weighted by molar-refractivity contribution is 5.73. The molecular formula is C12H13NO. The number of nitrogens with one attached hydrogen (secondary N) is 1. The van der Waals surface area contributed by atoms with E-state index in [2.05, 4.69) is 11.6 Å². The molecule has 1 aromatic heterocycles. The van der Waals surface area contributed by atoms with E-state index in [1.807, 2.05) is 31.2 Å². The first-order valence-corrected chi connectivity index (χ1v) is 4.42. The standard InChI is InChI=1S/C12H13NO/c1-3-5-6-10(4-2)11-7-8-13-12(14)9-11/h3-9H,1H2,2H3,(H,13,14)/b6-5-,10-4+. The lowest BCUT2D eigenvalue weighted by Gasteiger charge is -1.99. The van der Waals surface area contributed by atoms with E-state index in [4.69, 9.17) is 0 Å². The number of aromatic nitrogens is 1. The van der Waals surface area contributed by atoms with Crippen LogP contribution in [0.25, 0.3) is 5.57 Å². The van der Waals surface area contributed by atoms with E-state index >= 15 is 0 Å². The van der Waals surface area contributed by atoms with Crippen LogP contribution in [0.15, 0.2) is 54.0 Å². The molecule has 0 amide bonds. The highest BCUT2D eigenvalue weighted by Gasteiger charge is 1.95. The lowest BCUT2D eigenvalue weighted by molar-refractivity contribution is 1.23. The summed E-state index contributed by atoms with van der Waals surface area (Å²) >= 11 is 0. The van der Waals surface area contributed by atoms with E-state index in [-0.39, 0.29) is 5.56 Å². The van der Waals surface area contributed by atoms with Gasteiger partial charge in [0.1, 0.15) is 0 Å². The molecule has 0 unspecified atom stereocenters. The summed E-state index contributed by atoms with van der Waals surface area (Å²) in [5.41, 5.74) is 1.83. The van der Waals surface area contributed by atoms with Crippen molar-refractivity contribution < 1.29 is 0 Å². The summed E-state index contributed by atoms with van der Waals surface area (Å²) in [7, 11) is 0. The van der Waals surface area contributed by atoms with E-state index in [0.29, 0.717) is 0 Å². The van der Waals surface area contributed by atoms with Crippen molar-refractivity contribution in [2.45, 2.75) is 6.92 Å². The summed E-state index contributed by atoms with van der Waals surface area (Å²) in [5.74, 6) is 0. The second-order valence-electron chi connectivity index (χ2n) is 2.78. The number of aromatic amines is 1. The molecule has 1 aromatic rings. The summed E-state index contributed by atoms with van der Waals surface area (Å²) in [4.78, 5) is 13.6. The Morgan fingerprint density at radius 3 is 2.93 bits per heavy atom. The van der Waals surface area contributed by atoms with Gasteiger partial charge in [0, 0.05) is 12.3 Å². The van der Waals surface area contributed by atoms with Crippen molar-refractivity contribution in [2.24, 2.45) is 0 Å². The van der Waals surface area contributed by atoms with Gasteiger partial charge in [0.15, 0.2) is 0 Å². The third-order valence-corrected chi connectivity index (χ3v) is 1.83. The summed E-state index contributed by atoms with van der Waals surface area (Å²) in [6, 6.07) is 3.44. The average molecular weight is 187 g/mol. The predicted molar refractivity (Wildman–Crippen MR) is 60.1 cm³/mol. The predicted octanol–water partition coefficient (Wildman–Crippen LogP) is 2.52. The zero-order chi connectivity index (χ0) is 10.4. The minimum Gasteiger partial charge on any atom is -0.329 e. The van der Waals surface area contributed by atoms with Gasteiger partial charge in [-0.1, -0.05) is 30.9 Å². The van der Waals surface area contributed by atoms with Gasteiger partial charge in [-0.15, -0.1) is 0 Å². The van der Waals surface area contributed by atoms with Crippen molar-refractivity contribution in [2.75, 3.05) is 0 Å². The second kappa shape index (κ2) is 5.02. The number of hydrogen-bond acceptors (Lipinski definition) is 1. The molecule has 0 saturated carbocycles. The van der Waals surface area contributed by atoms with Gasteiger partial charge in [-0.3, -0.25) is 4.79 Å². The molecule has 0 bridgehead atoms. The second-order valence-corrected chi connectivity index (χ2v) is 2.78. The molecule has 14 heavy (non-hydrogen) atoms. The Labute approximate surface area is 83.3 Å². The van der Waals surface area contributed by atoms with Crippen molar-refractivity contribution in [3.63, 3.8) is 0 Å². The third-order valence-electron chi connectivity index (χ3n) is 1.83. The van der Waals surface area contributed by atoms with E-state index in [9.17, 15) is 4.79 Å². The zero-order valence-electron chi connectivity index (χ0n) is 8.16. The highest BCUT2D eigenvalue weighted by atomic mass is 16.1. The number of hydrogen-bond donors (Lipinski definition) is 1. The van der Waals surface area contributed by atoms with Crippen molar-refractivity contribution in [3.8, 4) is 0 Å². The van der Waals surface area contributed by atoms with Crippen molar-refractivity contribution in [1.82, 2.24) is 4.98 Å². The molecule has 0 aliphatic heterocycles. The monoisotopic (exact) mass is 187 g/mol. The Morgan fingerprint density at radius 2 is 2.36 bits per heavy atom. The molecule has 0 saturated heterocycles. The molecule has 0 atom stereocenters. The molecule has 72 valence electrons. The largest absolute Gasteiger partial charge is 0.329 e. The lowest BCUT2D eigenvalue weighted by atomic mass is 10.1. The molecule has 0 aliphatic carbocycles. The first kappa shape index (κ1) is 10.3. The smallest absolute Gasteiger partial charge is 0.248 e. The minimum absolute atomic E-state index is 0.0890. The maximum atomic E-state index is 11.1. The van der Waals surface area contributed by atoms with Gasteiger partial charge in [0.05, 0.1) is 0 Å². The zero-order valence-corrected chi connectivity index (χ0v) is 8.16. The number of allylic oxidation sites excluding steroid dienone is 5. The van der Waals surface area contributed by atoms with Crippen LogP contribution in [0.2, 0.25) is 0 Å². The normalized spacial score (nSPS) is 11.9. The van der Waals surface area contributed by atoms with E-state index in [1.54, 1.807) is 18.3 Å². The molecule has 2 nitrogen and oxygen atoms in total. The topological polar surface area (TPSA) is 32.9 Å². The van der Waals surface area contributed by atoms with Gasteiger partial charge in [-0.2, -0.15) is 0 Å². The number of H-pyrrole nitrogens is 1. The van der Waals surface area contributed by atoms with Gasteiger partial charge >= 0.3 is 0 Å². The van der Waals surface area contributed by atoms with Crippen molar-refractivity contribution >= 4 is 5.57 Å². The molecule has 2 heteroatoms. The van der Waals surface area contributed by atoms with Gasteiger partial charge in [-0.05, 0) is 24.1 Å². The molecular weight excluding hydrogens is 174 g/mol. The Morgan fingerprint density at radius 1 is 1.57 bits per heavy atom. The maximum absolute atomic E-state index is 11.1. The summed E-state index contributed by atoms with van der Waals surface area (Å²) in [5, 5.41) is 0. The van der Waals surface area contributed by atoms with E-state index in [1.165, 1.54) is 0 Å². The molecule has 1 N–H and O–H groups in total. The fourth-order valence-electron chi connectivity index (χ4n) is 1.15. The Bertz CT molecular complexity index is 424. The Hall–Kier alpha value is -1.83. The summed E-state index contributed by atoms with van der Waals surface area (Å²) < 4.78 is 0. The highest BCUT2D eigenvalue weighted by Crippen LogP contribution is 2.12. The fourth-order valence-corrected chi connectivity index (χ4v) is 1.15. The van der Waals surface area contributed by atoms with Crippen LogP contribution in [0.4, 0.5) is 0 Å². The third kappa shape index (κ3) is 2.59. The molecule has 1 rings (SSSR count). The summed E-state index contributed by atoms with van der Waals surface area (Å²) in [6.07, 6.45) is 9.06. The van der Waals surface area contributed by atoms with E-state index in [0.717, 1.165) is 11.1 Å². The van der Waals surface area contributed by atoms with Gasteiger partial charge in [0.25, 0.3) is 0 Å². The van der Waals surface area contributed by atoms with E-state index < -0.39 is 0 Å². The molecule has 0 aromatic carbocycles. The Balaban J connectivity index is 3.08. The Kier molecular flexibility index (Phi) is 3.68. The van der Waals surface area contributed by atoms with Crippen LogP contribution in [-0.2, 0) is 0 Å². The quantitative estimate of drug-likeness (QED) is 0.724. The van der Waals surface area contributed by atoms with Crippen LogP contribution < -0.4 is 5.56 Å². The van der Waals surface area contributed by atoms with Crippen LogP contribution >= 0.6 is 0 Å². The maximum Gasteiger partial charge on any atom is 0.248 e. The summed E-state index contributed by atoms with van der Waals surface area (Å²) in [6.45, 7) is 5.53. The van der Waals surface area contributed by atoms with Crippen molar-refractivity contribution in [1.29, 1.82) is 0 Å². The van der Waals surface area contributed by atoms with Gasteiger partial charge in [-0.25, -0.2) is 0 Å². The minimum atomic E-state index is -0.0890. The average Bonchev–Trinajstić information content (AvgIpc) is 2.19. The number of rotatable bonds is 3. The first-order chi connectivity index (χ1) is 6.77. The van der Waals surface area contributed by atoms with Crippen LogP contribution in [0.1, 0.15) is 12.5 Å². The van der Waals surface area contributed by atoms with Crippen LogP contribution in [0.5, 0.6) is 0 Å². The fraction of sp³-hybridized carbons (Fsp3) is 0.0833.